The van der Waals surface area contributed by atoms with Crippen molar-refractivity contribution in [3.05, 3.63) is 91.0 Å². The number of hydrogen-bond donors (Lipinski definition) is 1. The van der Waals surface area contributed by atoms with E-state index in [-0.39, 0.29) is 0 Å². The molecule has 0 saturated heterocycles. The number of pyridine rings is 1. The normalized spacial score (nSPS) is 10.4. The summed E-state index contributed by atoms with van der Waals surface area (Å²) in [6.45, 7) is 0.444. The van der Waals surface area contributed by atoms with Gasteiger partial charge in [0.05, 0.1) is 5.56 Å². The van der Waals surface area contributed by atoms with Crippen LogP contribution in [0.4, 0.5) is 11.6 Å². The van der Waals surface area contributed by atoms with Crippen molar-refractivity contribution >= 4 is 11.6 Å². The Morgan fingerprint density at radius 2 is 1.59 bits per heavy atom. The van der Waals surface area contributed by atoms with Crippen LogP contribution in [0.1, 0.15) is 5.56 Å². The van der Waals surface area contributed by atoms with Gasteiger partial charge in [0.25, 0.3) is 0 Å². The number of hydrogen-bond acceptors (Lipinski definition) is 6. The number of aromatic nitrogens is 4. The van der Waals surface area contributed by atoms with E-state index in [1.54, 1.807) is 12.4 Å². The smallest absolute Gasteiger partial charge is 0.230 e. The molecule has 6 heteroatoms. The monoisotopic (exact) mass is 355 g/mol. The van der Waals surface area contributed by atoms with Crippen LogP contribution in [0, 0.1) is 0 Å². The Kier molecular flexibility index (Phi) is 4.97. The van der Waals surface area contributed by atoms with Crippen LogP contribution in [0.3, 0.4) is 0 Å². The van der Waals surface area contributed by atoms with Gasteiger partial charge in [-0.1, -0.05) is 30.3 Å². The maximum Gasteiger partial charge on any atom is 0.230 e. The second-order valence-corrected chi connectivity index (χ2v) is 5.76. The lowest BCUT2D eigenvalue weighted by Gasteiger charge is -2.11. The van der Waals surface area contributed by atoms with Crippen LogP contribution in [0.15, 0.2) is 85.5 Å². The fraction of sp³-hybridized carbons (Fsp3) is 0.0476. The van der Waals surface area contributed by atoms with Gasteiger partial charge >= 0.3 is 0 Å². The molecule has 0 aliphatic rings. The number of benzene rings is 2. The Balaban J connectivity index is 1.57. The van der Waals surface area contributed by atoms with E-state index in [1.807, 2.05) is 66.7 Å². The molecular formula is C21H17N5O. The predicted octanol–water partition coefficient (Wildman–Crippen LogP) is 4.26. The van der Waals surface area contributed by atoms with E-state index in [1.165, 1.54) is 6.33 Å². The minimum absolute atomic E-state index is 0.444. The van der Waals surface area contributed by atoms with Crippen LogP contribution in [0.2, 0.25) is 0 Å². The third-order valence-corrected chi connectivity index (χ3v) is 3.87. The third kappa shape index (κ3) is 4.24. The average molecular weight is 355 g/mol. The zero-order valence-corrected chi connectivity index (χ0v) is 14.5. The quantitative estimate of drug-likeness (QED) is 0.557. The second-order valence-electron chi connectivity index (χ2n) is 5.76. The van der Waals surface area contributed by atoms with Crippen molar-refractivity contribution in [3.63, 3.8) is 0 Å². The summed E-state index contributed by atoms with van der Waals surface area (Å²) in [4.78, 5) is 17.1. The van der Waals surface area contributed by atoms with Crippen molar-refractivity contribution in [1.82, 2.24) is 19.9 Å². The van der Waals surface area contributed by atoms with Gasteiger partial charge < -0.3 is 10.1 Å². The van der Waals surface area contributed by atoms with Gasteiger partial charge in [-0.05, 0) is 42.0 Å². The van der Waals surface area contributed by atoms with Crippen LogP contribution in [-0.2, 0) is 6.61 Å². The molecule has 0 bridgehead atoms. The molecule has 0 radical (unpaired) electrons. The summed E-state index contributed by atoms with van der Waals surface area (Å²) in [7, 11) is 0. The lowest BCUT2D eigenvalue weighted by molar-refractivity contribution is 0.307. The van der Waals surface area contributed by atoms with Crippen molar-refractivity contribution < 1.29 is 4.74 Å². The van der Waals surface area contributed by atoms with Crippen molar-refractivity contribution in [2.45, 2.75) is 6.61 Å². The van der Waals surface area contributed by atoms with E-state index in [4.69, 9.17) is 4.74 Å². The summed E-state index contributed by atoms with van der Waals surface area (Å²) >= 11 is 0. The Hall–Kier alpha value is -3.80. The first-order chi connectivity index (χ1) is 13.4. The Morgan fingerprint density at radius 3 is 2.44 bits per heavy atom. The standard InChI is InChI=1S/C21H17N5O/c1-2-6-17(7-3-1)25-21-24-15-23-20(26-21)18-8-4-5-9-19(18)27-14-16-10-12-22-13-11-16/h1-13,15H,14H2,(H,23,24,25,26). The van der Waals surface area contributed by atoms with Gasteiger partial charge in [-0.3, -0.25) is 4.98 Å². The molecule has 1 N–H and O–H groups in total. The topological polar surface area (TPSA) is 72.8 Å². The van der Waals surface area contributed by atoms with Crippen molar-refractivity contribution in [3.8, 4) is 17.1 Å². The third-order valence-electron chi connectivity index (χ3n) is 3.87. The first-order valence-electron chi connectivity index (χ1n) is 8.51. The molecule has 0 unspecified atom stereocenters. The van der Waals surface area contributed by atoms with Crippen LogP contribution in [0.25, 0.3) is 11.4 Å². The average Bonchev–Trinajstić information content (AvgIpc) is 2.74. The van der Waals surface area contributed by atoms with Gasteiger partial charge in [-0.25, -0.2) is 9.97 Å². The van der Waals surface area contributed by atoms with E-state index in [2.05, 4.69) is 25.3 Å². The SMILES string of the molecule is c1ccc(Nc2ncnc(-c3ccccc3OCc3ccncc3)n2)cc1. The van der Waals surface area contributed by atoms with Gasteiger partial charge in [0, 0.05) is 18.1 Å². The molecule has 4 aromatic rings. The summed E-state index contributed by atoms with van der Waals surface area (Å²) in [5.74, 6) is 1.75. The van der Waals surface area contributed by atoms with Gasteiger partial charge in [0.1, 0.15) is 18.7 Å². The summed E-state index contributed by atoms with van der Waals surface area (Å²) in [5, 5.41) is 3.18. The number of rotatable bonds is 6. The van der Waals surface area contributed by atoms with E-state index in [9.17, 15) is 0 Å². The molecule has 0 fully saturated rings. The fourth-order valence-corrected chi connectivity index (χ4v) is 2.55. The van der Waals surface area contributed by atoms with Crippen molar-refractivity contribution in [2.75, 3.05) is 5.32 Å². The number of anilines is 2. The van der Waals surface area contributed by atoms with Gasteiger partial charge in [0.15, 0.2) is 5.82 Å². The summed E-state index contributed by atoms with van der Waals surface area (Å²) < 4.78 is 5.99. The van der Waals surface area contributed by atoms with Crippen LogP contribution in [-0.4, -0.2) is 19.9 Å². The second kappa shape index (κ2) is 8.05. The molecule has 0 atom stereocenters. The Labute approximate surface area is 157 Å². The first-order valence-corrected chi connectivity index (χ1v) is 8.51. The van der Waals surface area contributed by atoms with Gasteiger partial charge in [-0.15, -0.1) is 0 Å². The van der Waals surface area contributed by atoms with E-state index < -0.39 is 0 Å². The molecule has 6 nitrogen and oxygen atoms in total. The minimum Gasteiger partial charge on any atom is -0.488 e. The predicted molar refractivity (Wildman–Crippen MR) is 104 cm³/mol. The summed E-state index contributed by atoms with van der Waals surface area (Å²) in [6, 6.07) is 21.3. The highest BCUT2D eigenvalue weighted by atomic mass is 16.5. The molecule has 0 spiro atoms. The van der Waals surface area contributed by atoms with Crippen molar-refractivity contribution in [1.29, 1.82) is 0 Å². The summed E-state index contributed by atoms with van der Waals surface area (Å²) in [6.07, 6.45) is 4.99. The number of nitrogens with zero attached hydrogens (tertiary/aromatic N) is 4. The zero-order valence-electron chi connectivity index (χ0n) is 14.5. The fourth-order valence-electron chi connectivity index (χ4n) is 2.55. The van der Waals surface area contributed by atoms with E-state index in [0.29, 0.717) is 24.1 Å². The first kappa shape index (κ1) is 16.7. The Bertz CT molecular complexity index is 1010. The molecule has 0 saturated carbocycles. The summed E-state index contributed by atoms with van der Waals surface area (Å²) in [5.41, 5.74) is 2.77. The van der Waals surface area contributed by atoms with E-state index in [0.717, 1.165) is 16.8 Å². The molecule has 2 aromatic carbocycles. The molecule has 0 aliphatic heterocycles. The lowest BCUT2D eigenvalue weighted by Crippen LogP contribution is -2.02. The molecule has 2 heterocycles. The van der Waals surface area contributed by atoms with Crippen LogP contribution < -0.4 is 10.1 Å². The highest BCUT2D eigenvalue weighted by Crippen LogP contribution is 2.28. The maximum atomic E-state index is 5.99. The van der Waals surface area contributed by atoms with Crippen molar-refractivity contribution in [2.24, 2.45) is 0 Å². The zero-order chi connectivity index (χ0) is 18.3. The number of nitrogens with one attached hydrogen (secondary N) is 1. The highest BCUT2D eigenvalue weighted by Gasteiger charge is 2.10. The molecule has 2 aromatic heterocycles. The molecular weight excluding hydrogens is 338 g/mol. The number of para-hydroxylation sites is 2. The molecule has 0 aliphatic carbocycles. The van der Waals surface area contributed by atoms with Crippen LogP contribution in [0.5, 0.6) is 5.75 Å². The highest BCUT2D eigenvalue weighted by molar-refractivity contribution is 5.65. The Morgan fingerprint density at radius 1 is 0.815 bits per heavy atom. The molecule has 0 amide bonds. The molecule has 4 rings (SSSR count). The molecule has 27 heavy (non-hydrogen) atoms. The molecule has 132 valence electrons. The van der Waals surface area contributed by atoms with Gasteiger partial charge in [0.2, 0.25) is 5.95 Å². The largest absolute Gasteiger partial charge is 0.488 e. The van der Waals surface area contributed by atoms with E-state index >= 15 is 0 Å². The minimum atomic E-state index is 0.444. The number of ether oxygens (including phenoxy) is 1. The lowest BCUT2D eigenvalue weighted by atomic mass is 10.2. The van der Waals surface area contributed by atoms with Crippen LogP contribution >= 0.6 is 0 Å². The van der Waals surface area contributed by atoms with Gasteiger partial charge in [-0.2, -0.15) is 4.98 Å². The maximum absolute atomic E-state index is 5.99.